The lowest BCUT2D eigenvalue weighted by Crippen LogP contribution is -2.40. The third-order valence-electron chi connectivity index (χ3n) is 7.48. The van der Waals surface area contributed by atoms with Gasteiger partial charge in [-0.2, -0.15) is 0 Å². The maximum absolute atomic E-state index is 14.4. The molecule has 0 atom stereocenters. The van der Waals surface area contributed by atoms with Crippen LogP contribution in [0, 0.1) is 11.7 Å². The molecule has 0 radical (unpaired) electrons. The van der Waals surface area contributed by atoms with Gasteiger partial charge in [-0.25, -0.2) is 14.2 Å². The van der Waals surface area contributed by atoms with Crippen LogP contribution in [0.2, 0.25) is 0 Å². The number of H-pyrrole nitrogens is 1. The molecule has 3 aromatic heterocycles. The summed E-state index contributed by atoms with van der Waals surface area (Å²) in [5.74, 6) is 0.383. The number of fused-ring (bicyclic) bond motifs is 1. The van der Waals surface area contributed by atoms with Gasteiger partial charge in [0.2, 0.25) is 5.91 Å². The second kappa shape index (κ2) is 11.0. The summed E-state index contributed by atoms with van der Waals surface area (Å²) in [7, 11) is 1.73. The van der Waals surface area contributed by atoms with Crippen molar-refractivity contribution in [3.8, 4) is 0 Å². The molecular weight excluding hydrogens is 523 g/mol. The number of nitrogens with zero attached hydrogens (tertiary/aromatic N) is 5. The van der Waals surface area contributed by atoms with Gasteiger partial charge in [-0.15, -0.1) is 0 Å². The van der Waals surface area contributed by atoms with Crippen molar-refractivity contribution in [2.75, 3.05) is 11.9 Å². The molecule has 9 nitrogen and oxygen atoms in total. The van der Waals surface area contributed by atoms with Crippen LogP contribution in [0.5, 0.6) is 0 Å². The van der Waals surface area contributed by atoms with E-state index >= 15 is 0 Å². The molecule has 1 fully saturated rings. The number of aromatic nitrogens is 5. The van der Waals surface area contributed by atoms with Gasteiger partial charge in [0.15, 0.2) is 5.65 Å². The Labute approximate surface area is 234 Å². The van der Waals surface area contributed by atoms with Crippen LogP contribution < -0.4 is 16.1 Å². The normalized spacial score (nSPS) is 13.0. The maximum Gasteiger partial charge on any atom is 0.333 e. The maximum atomic E-state index is 14.4. The second-order valence-corrected chi connectivity index (χ2v) is 10.5. The van der Waals surface area contributed by atoms with Crippen LogP contribution in [0.3, 0.4) is 0 Å². The molecule has 10 heteroatoms. The van der Waals surface area contributed by atoms with Crippen molar-refractivity contribution < 1.29 is 9.18 Å². The highest BCUT2D eigenvalue weighted by atomic mass is 19.1. The van der Waals surface area contributed by atoms with E-state index in [4.69, 9.17) is 0 Å². The summed E-state index contributed by atoms with van der Waals surface area (Å²) < 4.78 is 17.0. The van der Waals surface area contributed by atoms with Crippen LogP contribution >= 0.6 is 0 Å². The van der Waals surface area contributed by atoms with Crippen molar-refractivity contribution in [1.82, 2.24) is 24.1 Å². The molecule has 1 saturated carbocycles. The number of likely N-dealkylation sites (N-methyl/N-ethyl adjacent to an activating group) is 1. The number of benzene rings is 2. The number of aromatic amines is 1. The van der Waals surface area contributed by atoms with Crippen LogP contribution in [0.1, 0.15) is 35.4 Å². The lowest BCUT2D eigenvalue weighted by molar-refractivity contribution is -0.117. The Morgan fingerprint density at radius 1 is 1.02 bits per heavy atom. The fourth-order valence-corrected chi connectivity index (χ4v) is 4.93. The number of hydrogen-bond donors (Lipinski definition) is 1. The molecule has 1 aliphatic carbocycles. The molecule has 5 aromatic rings. The van der Waals surface area contributed by atoms with Crippen molar-refractivity contribution in [3.63, 3.8) is 0 Å². The van der Waals surface area contributed by atoms with E-state index in [-0.39, 0.29) is 30.0 Å². The number of hydrogen-bond acceptors (Lipinski definition) is 5. The first-order valence-electron chi connectivity index (χ1n) is 13.6. The van der Waals surface area contributed by atoms with Gasteiger partial charge in [0.25, 0.3) is 5.56 Å². The zero-order valence-electron chi connectivity index (χ0n) is 22.6. The lowest BCUT2D eigenvalue weighted by Gasteiger charge is -2.17. The van der Waals surface area contributed by atoms with Gasteiger partial charge >= 0.3 is 5.69 Å². The number of amides is 1. The van der Waals surface area contributed by atoms with Crippen molar-refractivity contribution in [1.29, 1.82) is 0 Å². The quantitative estimate of drug-likeness (QED) is 0.300. The largest absolute Gasteiger partial charge is 0.336 e. The molecule has 0 bridgehead atoms. The highest BCUT2D eigenvalue weighted by molar-refractivity contribution is 5.94. The average Bonchev–Trinajstić information content (AvgIpc) is 3.71. The van der Waals surface area contributed by atoms with E-state index in [2.05, 4.69) is 15.0 Å². The number of carbonyl (C=O) groups is 1. The summed E-state index contributed by atoms with van der Waals surface area (Å²) in [6.45, 7) is 0.305. The molecule has 208 valence electrons. The van der Waals surface area contributed by atoms with Gasteiger partial charge in [-0.05, 0) is 54.2 Å². The Morgan fingerprint density at radius 3 is 2.51 bits per heavy atom. The van der Waals surface area contributed by atoms with Gasteiger partial charge in [0, 0.05) is 43.7 Å². The van der Waals surface area contributed by atoms with Crippen molar-refractivity contribution in [3.05, 3.63) is 122 Å². The van der Waals surface area contributed by atoms with Crippen LogP contribution in [0.15, 0.2) is 82.6 Å². The monoisotopic (exact) mass is 552 g/mol. The van der Waals surface area contributed by atoms with E-state index in [0.717, 1.165) is 34.2 Å². The molecule has 0 aliphatic heterocycles. The average molecular weight is 553 g/mol. The molecule has 0 saturated heterocycles. The number of rotatable bonds is 9. The van der Waals surface area contributed by atoms with Crippen molar-refractivity contribution in [2.24, 2.45) is 5.92 Å². The Bertz CT molecular complexity index is 1840. The van der Waals surface area contributed by atoms with Crippen LogP contribution in [-0.4, -0.2) is 37.0 Å². The Kier molecular flexibility index (Phi) is 7.05. The summed E-state index contributed by atoms with van der Waals surface area (Å²) in [5, 5.41) is 0. The van der Waals surface area contributed by atoms with E-state index in [0.29, 0.717) is 30.4 Å². The first-order chi connectivity index (χ1) is 19.9. The number of nitrogens with one attached hydrogen (secondary N) is 1. The summed E-state index contributed by atoms with van der Waals surface area (Å²) in [6, 6.07) is 17.4. The lowest BCUT2D eigenvalue weighted by atomic mass is 10.1. The van der Waals surface area contributed by atoms with Crippen LogP contribution in [-0.2, 0) is 30.7 Å². The first-order valence-corrected chi connectivity index (χ1v) is 13.6. The van der Waals surface area contributed by atoms with E-state index in [1.54, 1.807) is 53.2 Å². The van der Waals surface area contributed by atoms with Gasteiger partial charge in [-0.1, -0.05) is 36.4 Å². The number of pyridine rings is 1. The summed E-state index contributed by atoms with van der Waals surface area (Å²) in [4.78, 5) is 53.0. The Morgan fingerprint density at radius 2 is 1.80 bits per heavy atom. The SMILES string of the molecule is CN(C(=O)Cc1cccnc1)c1ccc(Cc2nc3c([nH]2)c(=O)n(Cc2ccccc2F)c(=O)n3CC2CC2)cc1. The van der Waals surface area contributed by atoms with E-state index in [9.17, 15) is 18.8 Å². The molecule has 6 rings (SSSR count). The number of anilines is 1. The minimum absolute atomic E-state index is 0.0525. The molecule has 0 spiro atoms. The van der Waals surface area contributed by atoms with E-state index in [1.165, 1.54) is 6.07 Å². The summed E-state index contributed by atoms with van der Waals surface area (Å²) in [5.41, 5.74) is 2.33. The number of halogens is 1. The molecule has 0 unspecified atom stereocenters. The third kappa shape index (κ3) is 5.58. The van der Waals surface area contributed by atoms with Gasteiger partial charge < -0.3 is 9.88 Å². The molecule has 41 heavy (non-hydrogen) atoms. The molecule has 1 N–H and O–H groups in total. The first kappa shape index (κ1) is 26.4. The van der Waals surface area contributed by atoms with Crippen LogP contribution in [0.25, 0.3) is 11.2 Å². The highest BCUT2D eigenvalue weighted by Crippen LogP contribution is 2.30. The fraction of sp³-hybridized carbons (Fsp3) is 0.258. The molecular formula is C31H29FN6O3. The number of imidazole rings is 1. The van der Waals surface area contributed by atoms with Gasteiger partial charge in [0.1, 0.15) is 17.2 Å². The minimum atomic E-state index is -0.525. The Balaban J connectivity index is 1.26. The fourth-order valence-electron chi connectivity index (χ4n) is 4.93. The van der Waals surface area contributed by atoms with E-state index in [1.807, 2.05) is 30.3 Å². The highest BCUT2D eigenvalue weighted by Gasteiger charge is 2.26. The predicted octanol–water partition coefficient (Wildman–Crippen LogP) is 3.68. The molecule has 3 heterocycles. The predicted molar refractivity (Wildman–Crippen MR) is 153 cm³/mol. The van der Waals surface area contributed by atoms with Crippen molar-refractivity contribution >= 4 is 22.8 Å². The molecule has 1 aliphatic rings. The topological polar surface area (TPSA) is 106 Å². The minimum Gasteiger partial charge on any atom is -0.336 e. The number of carbonyl (C=O) groups excluding carboxylic acids is 1. The van der Waals surface area contributed by atoms with Gasteiger partial charge in [-0.3, -0.25) is 23.7 Å². The standard InChI is InChI=1S/C31H29FN6O3/c1-36(27(39)16-22-5-4-14-33-17-22)24-12-10-20(11-13-24)15-26-34-28-29(35-26)37(18-21-8-9-21)31(41)38(30(28)40)19-23-6-2-3-7-25(23)32/h2-7,10-14,17,21H,8-9,15-16,18-19H2,1H3,(H,34,35). The molecule has 1 amide bonds. The smallest absolute Gasteiger partial charge is 0.333 e. The van der Waals surface area contributed by atoms with E-state index < -0.39 is 17.1 Å². The van der Waals surface area contributed by atoms with Gasteiger partial charge in [0.05, 0.1) is 13.0 Å². The molecule has 2 aromatic carbocycles. The summed E-state index contributed by atoms with van der Waals surface area (Å²) >= 11 is 0. The van der Waals surface area contributed by atoms with Crippen molar-refractivity contribution in [2.45, 2.75) is 38.8 Å². The third-order valence-corrected chi connectivity index (χ3v) is 7.48. The summed E-state index contributed by atoms with van der Waals surface area (Å²) in [6.07, 6.45) is 6.04. The van der Waals surface area contributed by atoms with Crippen LogP contribution in [0.4, 0.5) is 10.1 Å². The second-order valence-electron chi connectivity index (χ2n) is 10.5. The Hall–Kier alpha value is -4.86. The zero-order chi connectivity index (χ0) is 28.5. The zero-order valence-corrected chi connectivity index (χ0v) is 22.6.